The molecule has 0 saturated heterocycles. The molecular weight excluding hydrogens is 300 g/mol. The molecule has 1 N–H and O–H groups in total. The first-order chi connectivity index (χ1) is 8.15. The normalized spacial score (nSPS) is 12.5. The summed E-state index contributed by atoms with van der Waals surface area (Å²) < 4.78 is 6.67. The molecule has 0 amide bonds. The molecule has 0 fully saturated rings. The van der Waals surface area contributed by atoms with Gasteiger partial charge in [0.05, 0.1) is 12.7 Å². The Labute approximate surface area is 116 Å². The first kappa shape index (κ1) is 14.9. The molecule has 0 bridgehead atoms. The fourth-order valence-corrected chi connectivity index (χ4v) is 2.45. The number of hydrogen-bond acceptors (Lipinski definition) is 3. The summed E-state index contributed by atoms with van der Waals surface area (Å²) in [6, 6.07) is 5.74. The number of aliphatic hydroxyl groups is 1. The molecule has 0 aliphatic heterocycles. The third kappa shape index (κ3) is 5.32. The van der Waals surface area contributed by atoms with E-state index in [-0.39, 0.29) is 0 Å². The average molecular weight is 319 g/mol. The van der Waals surface area contributed by atoms with E-state index in [1.807, 2.05) is 30.0 Å². The standard InChI is InChI=1S/C13H19BrO2S/c1-3-17-8-4-7-16-13-6-5-11(14)9-12(13)10(2)15/h5-6,9-10,15H,3-4,7-8H2,1-2H3/t10-/m0/s1. The zero-order chi connectivity index (χ0) is 12.7. The van der Waals surface area contributed by atoms with Gasteiger partial charge >= 0.3 is 0 Å². The molecule has 1 atom stereocenters. The summed E-state index contributed by atoms with van der Waals surface area (Å²) >= 11 is 5.32. The Bertz CT molecular complexity index is 342. The summed E-state index contributed by atoms with van der Waals surface area (Å²) in [7, 11) is 0. The van der Waals surface area contributed by atoms with Crippen molar-refractivity contribution in [1.82, 2.24) is 0 Å². The minimum absolute atomic E-state index is 0.507. The van der Waals surface area contributed by atoms with Crippen LogP contribution in [-0.2, 0) is 0 Å². The number of ether oxygens (including phenoxy) is 1. The Morgan fingerprint density at radius 1 is 1.47 bits per heavy atom. The highest BCUT2D eigenvalue weighted by atomic mass is 79.9. The van der Waals surface area contributed by atoms with E-state index < -0.39 is 6.10 Å². The monoisotopic (exact) mass is 318 g/mol. The van der Waals surface area contributed by atoms with Crippen LogP contribution in [0.5, 0.6) is 5.75 Å². The summed E-state index contributed by atoms with van der Waals surface area (Å²) in [5.74, 6) is 3.05. The first-order valence-electron chi connectivity index (χ1n) is 5.83. The molecule has 0 aliphatic rings. The maximum atomic E-state index is 9.66. The van der Waals surface area contributed by atoms with Crippen molar-refractivity contribution in [3.63, 3.8) is 0 Å². The second-order valence-electron chi connectivity index (χ2n) is 3.76. The third-order valence-electron chi connectivity index (χ3n) is 2.32. The Balaban J connectivity index is 2.52. The van der Waals surface area contributed by atoms with E-state index in [1.165, 1.54) is 0 Å². The number of thioether (sulfide) groups is 1. The van der Waals surface area contributed by atoms with Crippen molar-refractivity contribution in [1.29, 1.82) is 0 Å². The molecule has 0 radical (unpaired) electrons. The number of benzene rings is 1. The summed E-state index contributed by atoms with van der Waals surface area (Å²) in [4.78, 5) is 0. The molecule has 96 valence electrons. The van der Waals surface area contributed by atoms with E-state index in [1.54, 1.807) is 6.92 Å². The van der Waals surface area contributed by atoms with E-state index in [0.717, 1.165) is 33.7 Å². The molecule has 0 aliphatic carbocycles. The van der Waals surface area contributed by atoms with Gasteiger partial charge in [0.1, 0.15) is 5.75 Å². The van der Waals surface area contributed by atoms with Crippen molar-refractivity contribution >= 4 is 27.7 Å². The van der Waals surface area contributed by atoms with Crippen molar-refractivity contribution in [2.24, 2.45) is 0 Å². The molecule has 1 rings (SSSR count). The van der Waals surface area contributed by atoms with Crippen LogP contribution in [0.15, 0.2) is 22.7 Å². The molecule has 17 heavy (non-hydrogen) atoms. The average Bonchev–Trinajstić information content (AvgIpc) is 2.30. The lowest BCUT2D eigenvalue weighted by atomic mass is 10.1. The zero-order valence-corrected chi connectivity index (χ0v) is 12.7. The molecule has 1 aromatic rings. The van der Waals surface area contributed by atoms with Gasteiger partial charge in [-0.05, 0) is 43.0 Å². The highest BCUT2D eigenvalue weighted by molar-refractivity contribution is 9.10. The van der Waals surface area contributed by atoms with E-state index in [9.17, 15) is 5.11 Å². The molecule has 0 heterocycles. The van der Waals surface area contributed by atoms with Crippen LogP contribution in [0, 0.1) is 0 Å². The third-order valence-corrected chi connectivity index (χ3v) is 3.80. The number of rotatable bonds is 7. The van der Waals surface area contributed by atoms with Crippen LogP contribution >= 0.6 is 27.7 Å². The summed E-state index contributed by atoms with van der Waals surface area (Å²) in [6.45, 7) is 4.61. The summed E-state index contributed by atoms with van der Waals surface area (Å²) in [5, 5.41) is 9.66. The van der Waals surface area contributed by atoms with E-state index in [4.69, 9.17) is 4.74 Å². The molecule has 0 spiro atoms. The Morgan fingerprint density at radius 2 is 2.24 bits per heavy atom. The predicted molar refractivity (Wildman–Crippen MR) is 77.9 cm³/mol. The Morgan fingerprint density at radius 3 is 2.88 bits per heavy atom. The highest BCUT2D eigenvalue weighted by Crippen LogP contribution is 2.28. The fourth-order valence-electron chi connectivity index (χ4n) is 1.46. The van der Waals surface area contributed by atoms with Gasteiger partial charge in [0.2, 0.25) is 0 Å². The lowest BCUT2D eigenvalue weighted by Gasteiger charge is -2.13. The Kier molecular flexibility index (Phi) is 7.00. The van der Waals surface area contributed by atoms with Gasteiger partial charge in [-0.15, -0.1) is 0 Å². The van der Waals surface area contributed by atoms with Crippen LogP contribution in [0.3, 0.4) is 0 Å². The minimum Gasteiger partial charge on any atom is -0.493 e. The van der Waals surface area contributed by atoms with Gasteiger partial charge in [0, 0.05) is 10.0 Å². The maximum Gasteiger partial charge on any atom is 0.125 e. The molecule has 1 aromatic carbocycles. The lowest BCUT2D eigenvalue weighted by molar-refractivity contribution is 0.191. The van der Waals surface area contributed by atoms with Crippen molar-refractivity contribution < 1.29 is 9.84 Å². The molecule has 0 saturated carbocycles. The van der Waals surface area contributed by atoms with Crippen molar-refractivity contribution in [3.8, 4) is 5.75 Å². The second-order valence-corrected chi connectivity index (χ2v) is 6.07. The molecular formula is C13H19BrO2S. The van der Waals surface area contributed by atoms with Gasteiger partial charge in [0.25, 0.3) is 0 Å². The number of hydrogen-bond donors (Lipinski definition) is 1. The predicted octanol–water partition coefficient (Wildman–Crippen LogP) is 4.02. The Hall–Kier alpha value is -0.190. The van der Waals surface area contributed by atoms with Crippen LogP contribution in [-0.4, -0.2) is 23.2 Å². The van der Waals surface area contributed by atoms with Crippen LogP contribution in [0.1, 0.15) is 31.9 Å². The van der Waals surface area contributed by atoms with Crippen LogP contribution in [0.25, 0.3) is 0 Å². The number of halogens is 1. The van der Waals surface area contributed by atoms with Gasteiger partial charge in [0.15, 0.2) is 0 Å². The molecule has 2 nitrogen and oxygen atoms in total. The van der Waals surface area contributed by atoms with Crippen molar-refractivity contribution in [3.05, 3.63) is 28.2 Å². The summed E-state index contributed by atoms with van der Waals surface area (Å²) in [6.07, 6.45) is 0.529. The highest BCUT2D eigenvalue weighted by Gasteiger charge is 2.09. The van der Waals surface area contributed by atoms with Gasteiger partial charge in [-0.1, -0.05) is 22.9 Å². The number of aliphatic hydroxyl groups excluding tert-OH is 1. The van der Waals surface area contributed by atoms with Gasteiger partial charge in [-0.2, -0.15) is 11.8 Å². The lowest BCUT2D eigenvalue weighted by Crippen LogP contribution is -2.03. The van der Waals surface area contributed by atoms with Gasteiger partial charge < -0.3 is 9.84 Å². The van der Waals surface area contributed by atoms with Crippen LogP contribution < -0.4 is 4.74 Å². The van der Waals surface area contributed by atoms with Crippen molar-refractivity contribution in [2.45, 2.75) is 26.4 Å². The van der Waals surface area contributed by atoms with E-state index in [0.29, 0.717) is 6.61 Å². The van der Waals surface area contributed by atoms with Crippen LogP contribution in [0.2, 0.25) is 0 Å². The SMILES string of the molecule is CCSCCCOc1ccc(Br)cc1[C@H](C)O. The smallest absolute Gasteiger partial charge is 0.125 e. The first-order valence-corrected chi connectivity index (χ1v) is 7.78. The molecule has 0 unspecified atom stereocenters. The van der Waals surface area contributed by atoms with E-state index in [2.05, 4.69) is 22.9 Å². The maximum absolute atomic E-state index is 9.66. The van der Waals surface area contributed by atoms with Crippen molar-refractivity contribution in [2.75, 3.05) is 18.1 Å². The largest absolute Gasteiger partial charge is 0.493 e. The molecule has 0 aromatic heterocycles. The second kappa shape index (κ2) is 8.01. The topological polar surface area (TPSA) is 29.5 Å². The zero-order valence-electron chi connectivity index (χ0n) is 10.3. The van der Waals surface area contributed by atoms with Gasteiger partial charge in [-0.25, -0.2) is 0 Å². The molecule has 4 heteroatoms. The fraction of sp³-hybridized carbons (Fsp3) is 0.538. The van der Waals surface area contributed by atoms with Gasteiger partial charge in [-0.3, -0.25) is 0 Å². The van der Waals surface area contributed by atoms with E-state index >= 15 is 0 Å². The minimum atomic E-state index is -0.507. The van der Waals surface area contributed by atoms with Crippen LogP contribution in [0.4, 0.5) is 0 Å². The summed E-state index contributed by atoms with van der Waals surface area (Å²) in [5.41, 5.74) is 0.836. The quantitative estimate of drug-likeness (QED) is 0.770.